The van der Waals surface area contributed by atoms with Gasteiger partial charge in [0.1, 0.15) is 11.5 Å². The molecule has 0 saturated heterocycles. The Morgan fingerprint density at radius 1 is 0.850 bits per heavy atom. The lowest BCUT2D eigenvalue weighted by atomic mass is 10.0. The van der Waals surface area contributed by atoms with Crippen molar-refractivity contribution < 1.29 is 0 Å². The molecule has 1 aromatic carbocycles. The zero-order valence-corrected chi connectivity index (χ0v) is 24.1. The Morgan fingerprint density at radius 3 is 2.23 bits per heavy atom. The van der Waals surface area contributed by atoms with Crippen LogP contribution in [-0.4, -0.2) is 45.8 Å². The predicted molar refractivity (Wildman–Crippen MR) is 166 cm³/mol. The van der Waals surface area contributed by atoms with Gasteiger partial charge in [0.05, 0.1) is 16.8 Å². The highest BCUT2D eigenvalue weighted by molar-refractivity contribution is 5.92. The van der Waals surface area contributed by atoms with Gasteiger partial charge in [0.2, 0.25) is 5.95 Å². The number of nitrogens with one attached hydrogen (secondary N) is 2. The summed E-state index contributed by atoms with van der Waals surface area (Å²) in [6.07, 6.45) is 11.9. The average molecular weight is 538 g/mol. The van der Waals surface area contributed by atoms with E-state index in [0.29, 0.717) is 5.95 Å². The van der Waals surface area contributed by atoms with Crippen molar-refractivity contribution in [2.45, 2.75) is 65.2 Å². The third-order valence-electron chi connectivity index (χ3n) is 8.08. The number of unbranched alkanes of at least 4 members (excludes halogenated alkanes) is 2. The average Bonchev–Trinajstić information content (AvgIpc) is 3.92. The van der Waals surface area contributed by atoms with E-state index in [0.717, 1.165) is 84.5 Å². The lowest BCUT2D eigenvalue weighted by Gasteiger charge is -2.25. The van der Waals surface area contributed by atoms with Crippen molar-refractivity contribution in [1.29, 1.82) is 0 Å². The number of rotatable bonds is 15. The van der Waals surface area contributed by atoms with Gasteiger partial charge in [-0.25, -0.2) is 14.5 Å². The number of nitrogens with zero attached hydrogens (tertiary/aromatic N) is 5. The molecule has 40 heavy (non-hydrogen) atoms. The molecule has 6 rings (SSSR count). The lowest BCUT2D eigenvalue weighted by Crippen LogP contribution is -2.27. The minimum atomic E-state index is 0.666. The molecule has 7 nitrogen and oxygen atoms in total. The Balaban J connectivity index is 1.38. The zero-order chi connectivity index (χ0) is 27.3. The van der Waals surface area contributed by atoms with Gasteiger partial charge in [0.15, 0.2) is 0 Å². The molecule has 0 unspecified atom stereocenters. The summed E-state index contributed by atoms with van der Waals surface area (Å²) in [6, 6.07) is 17.5. The second-order valence-corrected chi connectivity index (χ2v) is 11.6. The molecule has 4 aromatic rings. The Bertz CT molecular complexity index is 1390. The van der Waals surface area contributed by atoms with E-state index in [4.69, 9.17) is 10.1 Å². The molecule has 2 aliphatic rings. The molecule has 2 N–H and O–H groups in total. The van der Waals surface area contributed by atoms with Crippen molar-refractivity contribution in [3.63, 3.8) is 0 Å². The fourth-order valence-electron chi connectivity index (χ4n) is 5.35. The van der Waals surface area contributed by atoms with Crippen molar-refractivity contribution in [3.05, 3.63) is 54.7 Å². The summed E-state index contributed by atoms with van der Waals surface area (Å²) in [5.74, 6) is 3.42. The quantitative estimate of drug-likeness (QED) is 0.153. The molecule has 2 saturated carbocycles. The van der Waals surface area contributed by atoms with Crippen molar-refractivity contribution in [1.82, 2.24) is 19.6 Å². The fourth-order valence-corrected chi connectivity index (χ4v) is 5.35. The number of hydrogen-bond donors (Lipinski definition) is 2. The largest absolute Gasteiger partial charge is 0.371 e. The van der Waals surface area contributed by atoms with Crippen LogP contribution in [0.3, 0.4) is 0 Å². The van der Waals surface area contributed by atoms with E-state index in [-0.39, 0.29) is 0 Å². The monoisotopic (exact) mass is 537 g/mol. The first-order valence-corrected chi connectivity index (χ1v) is 15.4. The number of pyridine rings is 1. The van der Waals surface area contributed by atoms with Gasteiger partial charge in [0.25, 0.3) is 0 Å². The Hall–Kier alpha value is -3.61. The Labute approximate surface area is 238 Å². The number of fused-ring (bicyclic) bond motifs is 1. The number of anilines is 3. The summed E-state index contributed by atoms with van der Waals surface area (Å²) >= 11 is 0. The summed E-state index contributed by atoms with van der Waals surface area (Å²) in [5, 5.41) is 12.2. The van der Waals surface area contributed by atoms with Crippen molar-refractivity contribution >= 4 is 23.0 Å². The number of hydrogen-bond acceptors (Lipinski definition) is 6. The first-order chi connectivity index (χ1) is 19.7. The fraction of sp³-hybridized carbons (Fsp3) is 0.485. The van der Waals surface area contributed by atoms with E-state index in [2.05, 4.69) is 76.8 Å². The van der Waals surface area contributed by atoms with Crippen LogP contribution < -0.4 is 15.5 Å². The van der Waals surface area contributed by atoms with Crippen LogP contribution in [0.4, 0.5) is 17.5 Å². The molecular weight excluding hydrogens is 494 g/mol. The second-order valence-electron chi connectivity index (χ2n) is 11.6. The standard InChI is InChI=1S/C33H43N7/c1-3-5-19-34-30-9-7-8-29-31(28-18-21-36-33(37-28)35-20-6-4-2)32(38-40(29)30)26-14-16-27(17-15-26)39(22-24-10-11-24)23-25-12-13-25/h7-9,14-18,21,24-25,34H,3-6,10-13,19-20,22-23H2,1-2H3,(H,35,36,37). The van der Waals surface area contributed by atoms with E-state index in [1.54, 1.807) is 0 Å². The minimum Gasteiger partial charge on any atom is -0.371 e. The van der Waals surface area contributed by atoms with Crippen LogP contribution >= 0.6 is 0 Å². The molecule has 0 atom stereocenters. The molecule has 2 aliphatic carbocycles. The maximum atomic E-state index is 5.19. The second kappa shape index (κ2) is 12.3. The number of aromatic nitrogens is 4. The van der Waals surface area contributed by atoms with Crippen LogP contribution in [0.25, 0.3) is 28.0 Å². The normalized spacial score (nSPS) is 14.9. The highest BCUT2D eigenvalue weighted by Gasteiger charge is 2.29. The molecule has 3 heterocycles. The van der Waals surface area contributed by atoms with E-state index in [9.17, 15) is 0 Å². The third-order valence-corrected chi connectivity index (χ3v) is 8.08. The lowest BCUT2D eigenvalue weighted by molar-refractivity contribution is 0.679. The summed E-state index contributed by atoms with van der Waals surface area (Å²) in [5.41, 5.74) is 6.37. The Morgan fingerprint density at radius 2 is 1.55 bits per heavy atom. The molecule has 2 fully saturated rings. The molecule has 0 spiro atoms. The van der Waals surface area contributed by atoms with E-state index >= 15 is 0 Å². The molecule has 0 bridgehead atoms. The van der Waals surface area contributed by atoms with E-state index in [1.807, 2.05) is 16.8 Å². The summed E-state index contributed by atoms with van der Waals surface area (Å²) in [6.45, 7) is 8.58. The van der Waals surface area contributed by atoms with Crippen LogP contribution in [0, 0.1) is 11.8 Å². The predicted octanol–water partition coefficient (Wildman–Crippen LogP) is 7.51. The van der Waals surface area contributed by atoms with Crippen LogP contribution in [0.1, 0.15) is 65.2 Å². The first-order valence-electron chi connectivity index (χ1n) is 15.4. The van der Waals surface area contributed by atoms with Crippen molar-refractivity contribution in [3.8, 4) is 22.5 Å². The molecule has 0 radical (unpaired) electrons. The smallest absolute Gasteiger partial charge is 0.223 e. The summed E-state index contributed by atoms with van der Waals surface area (Å²) in [7, 11) is 0. The van der Waals surface area contributed by atoms with E-state index < -0.39 is 0 Å². The van der Waals surface area contributed by atoms with E-state index in [1.165, 1.54) is 44.5 Å². The van der Waals surface area contributed by atoms with Gasteiger partial charge in [-0.1, -0.05) is 44.9 Å². The molecule has 0 amide bonds. The van der Waals surface area contributed by atoms with Crippen molar-refractivity contribution in [2.24, 2.45) is 11.8 Å². The maximum Gasteiger partial charge on any atom is 0.223 e. The van der Waals surface area contributed by atoms with Crippen LogP contribution in [0.2, 0.25) is 0 Å². The van der Waals surface area contributed by atoms with Gasteiger partial charge >= 0.3 is 0 Å². The maximum absolute atomic E-state index is 5.19. The third kappa shape index (κ3) is 6.24. The number of benzene rings is 1. The van der Waals surface area contributed by atoms with Gasteiger partial charge in [-0.2, -0.15) is 5.10 Å². The molecule has 210 valence electrons. The van der Waals surface area contributed by atoms with Gasteiger partial charge < -0.3 is 15.5 Å². The van der Waals surface area contributed by atoms with Crippen molar-refractivity contribution in [2.75, 3.05) is 41.7 Å². The summed E-state index contributed by atoms with van der Waals surface area (Å²) < 4.78 is 2.05. The summed E-state index contributed by atoms with van der Waals surface area (Å²) in [4.78, 5) is 12.1. The van der Waals surface area contributed by atoms with Gasteiger partial charge in [-0.15, -0.1) is 0 Å². The molecular formula is C33H43N7. The van der Waals surface area contributed by atoms with Crippen LogP contribution in [0.15, 0.2) is 54.7 Å². The molecule has 0 aliphatic heterocycles. The van der Waals surface area contributed by atoms with Gasteiger partial charge in [0, 0.05) is 43.6 Å². The Kier molecular flexibility index (Phi) is 8.17. The van der Waals surface area contributed by atoms with Crippen LogP contribution in [0.5, 0.6) is 0 Å². The van der Waals surface area contributed by atoms with Gasteiger partial charge in [-0.05, 0) is 80.7 Å². The molecule has 3 aromatic heterocycles. The zero-order valence-electron chi connectivity index (χ0n) is 24.1. The van der Waals surface area contributed by atoms with Gasteiger partial charge in [-0.3, -0.25) is 0 Å². The highest BCUT2D eigenvalue weighted by Crippen LogP contribution is 2.38. The minimum absolute atomic E-state index is 0.666. The first kappa shape index (κ1) is 26.6. The molecule has 7 heteroatoms. The highest BCUT2D eigenvalue weighted by atomic mass is 15.3. The SMILES string of the molecule is CCCCNc1nccc(-c2c(-c3ccc(N(CC4CC4)CC4CC4)cc3)nn3c(NCCCC)cccc23)n1. The topological polar surface area (TPSA) is 70.4 Å². The van der Waals surface area contributed by atoms with Crippen LogP contribution in [-0.2, 0) is 0 Å².